The van der Waals surface area contributed by atoms with Crippen molar-refractivity contribution in [3.05, 3.63) is 12.7 Å². The standard InChI is InChI=1S/C12H23NO4/c1-5-6-7-8-10(14)16-9-13-11(15)17-12(2,3)4/h5,10,14H,1,6-9H2,2-4H3,(H,13,15). The quantitative estimate of drug-likeness (QED) is 0.410. The fourth-order valence-corrected chi connectivity index (χ4v) is 1.03. The maximum absolute atomic E-state index is 11.2. The number of unbranched alkanes of at least 4 members (excludes halogenated alkanes) is 1. The van der Waals surface area contributed by atoms with E-state index >= 15 is 0 Å². The highest BCUT2D eigenvalue weighted by atomic mass is 16.6. The van der Waals surface area contributed by atoms with Crippen molar-refractivity contribution in [1.82, 2.24) is 5.32 Å². The Morgan fingerprint density at radius 3 is 2.71 bits per heavy atom. The lowest BCUT2D eigenvalue weighted by Crippen LogP contribution is -2.34. The van der Waals surface area contributed by atoms with Crippen LogP contribution in [0.25, 0.3) is 0 Å². The summed E-state index contributed by atoms with van der Waals surface area (Å²) in [5.74, 6) is 0. The number of aliphatic hydroxyl groups is 1. The van der Waals surface area contributed by atoms with Crippen molar-refractivity contribution >= 4 is 6.09 Å². The zero-order chi connectivity index (χ0) is 13.3. The molecule has 0 aliphatic carbocycles. The predicted molar refractivity (Wildman–Crippen MR) is 65.4 cm³/mol. The number of amides is 1. The lowest BCUT2D eigenvalue weighted by Gasteiger charge is -2.20. The first-order chi connectivity index (χ1) is 7.85. The summed E-state index contributed by atoms with van der Waals surface area (Å²) in [6.07, 6.45) is 2.51. The maximum atomic E-state index is 11.2. The summed E-state index contributed by atoms with van der Waals surface area (Å²) in [5.41, 5.74) is -0.535. The minimum absolute atomic E-state index is 0.0653. The van der Waals surface area contributed by atoms with Crippen molar-refractivity contribution in [2.24, 2.45) is 0 Å². The summed E-state index contributed by atoms with van der Waals surface area (Å²) in [5, 5.41) is 11.8. The number of allylic oxidation sites excluding steroid dienone is 1. The molecule has 17 heavy (non-hydrogen) atoms. The third kappa shape index (κ3) is 11.2. The van der Waals surface area contributed by atoms with Gasteiger partial charge in [-0.15, -0.1) is 6.58 Å². The van der Waals surface area contributed by atoms with Crippen LogP contribution in [0.4, 0.5) is 4.79 Å². The predicted octanol–water partition coefficient (Wildman–Crippen LogP) is 2.16. The summed E-state index contributed by atoms with van der Waals surface area (Å²) < 4.78 is 9.98. The molecule has 100 valence electrons. The van der Waals surface area contributed by atoms with Crippen LogP contribution in [0.5, 0.6) is 0 Å². The first-order valence-electron chi connectivity index (χ1n) is 5.72. The molecule has 0 aromatic heterocycles. The number of rotatable bonds is 7. The first-order valence-corrected chi connectivity index (χ1v) is 5.72. The van der Waals surface area contributed by atoms with Gasteiger partial charge in [0.2, 0.25) is 0 Å². The van der Waals surface area contributed by atoms with Crippen LogP contribution in [-0.2, 0) is 9.47 Å². The molecular weight excluding hydrogens is 222 g/mol. The van der Waals surface area contributed by atoms with E-state index < -0.39 is 18.0 Å². The van der Waals surface area contributed by atoms with Gasteiger partial charge in [0.05, 0.1) is 0 Å². The van der Waals surface area contributed by atoms with Gasteiger partial charge in [-0.05, 0) is 40.0 Å². The molecule has 0 aromatic carbocycles. The molecule has 0 fully saturated rings. The first kappa shape index (κ1) is 15.9. The maximum Gasteiger partial charge on any atom is 0.409 e. The number of ether oxygens (including phenoxy) is 2. The number of carbonyl (C=O) groups excluding carboxylic acids is 1. The van der Waals surface area contributed by atoms with Gasteiger partial charge in [-0.3, -0.25) is 5.32 Å². The lowest BCUT2D eigenvalue weighted by atomic mass is 10.2. The van der Waals surface area contributed by atoms with Gasteiger partial charge in [0.25, 0.3) is 0 Å². The minimum atomic E-state index is -0.870. The van der Waals surface area contributed by atoms with Crippen LogP contribution in [-0.4, -0.2) is 29.8 Å². The number of hydrogen-bond donors (Lipinski definition) is 2. The van der Waals surface area contributed by atoms with Gasteiger partial charge >= 0.3 is 6.09 Å². The fourth-order valence-electron chi connectivity index (χ4n) is 1.03. The Labute approximate surface area is 103 Å². The summed E-state index contributed by atoms with van der Waals surface area (Å²) in [7, 11) is 0. The molecule has 5 nitrogen and oxygen atoms in total. The molecule has 0 rings (SSSR count). The van der Waals surface area contributed by atoms with Crippen molar-refractivity contribution in [2.45, 2.75) is 51.9 Å². The Morgan fingerprint density at radius 2 is 2.18 bits per heavy atom. The molecule has 0 heterocycles. The van der Waals surface area contributed by atoms with Gasteiger partial charge in [0.1, 0.15) is 12.3 Å². The Morgan fingerprint density at radius 1 is 1.53 bits per heavy atom. The summed E-state index contributed by atoms with van der Waals surface area (Å²) >= 11 is 0. The van der Waals surface area contributed by atoms with Crippen LogP contribution in [0.1, 0.15) is 40.0 Å². The second kappa shape index (κ2) is 8.08. The Bertz CT molecular complexity index is 235. The molecule has 0 aliphatic heterocycles. The number of aliphatic hydroxyl groups excluding tert-OH is 1. The van der Waals surface area contributed by atoms with E-state index in [9.17, 15) is 9.90 Å². The van der Waals surface area contributed by atoms with Crippen LogP contribution >= 0.6 is 0 Å². The van der Waals surface area contributed by atoms with Crippen LogP contribution in [0, 0.1) is 0 Å². The fraction of sp³-hybridized carbons (Fsp3) is 0.750. The molecule has 0 aliphatic rings. The molecule has 0 spiro atoms. The lowest BCUT2D eigenvalue weighted by molar-refractivity contribution is -0.109. The van der Waals surface area contributed by atoms with E-state index in [1.165, 1.54) is 0 Å². The molecule has 0 bridgehead atoms. The highest BCUT2D eigenvalue weighted by molar-refractivity contribution is 5.67. The van der Waals surface area contributed by atoms with Crippen molar-refractivity contribution < 1.29 is 19.4 Å². The smallest absolute Gasteiger partial charge is 0.409 e. The number of hydrogen-bond acceptors (Lipinski definition) is 4. The van der Waals surface area contributed by atoms with Crippen molar-refractivity contribution in [2.75, 3.05) is 6.73 Å². The molecule has 1 unspecified atom stereocenters. The van der Waals surface area contributed by atoms with E-state index in [0.717, 1.165) is 12.8 Å². The molecule has 5 heteroatoms. The number of carbonyl (C=O) groups is 1. The Balaban J connectivity index is 3.55. The highest BCUT2D eigenvalue weighted by Gasteiger charge is 2.15. The average Bonchev–Trinajstić information content (AvgIpc) is 2.15. The molecule has 0 aromatic rings. The Hall–Kier alpha value is -1.07. The number of alkyl carbamates (subject to hydrolysis) is 1. The SMILES string of the molecule is C=CCCCC(O)OCNC(=O)OC(C)(C)C. The molecule has 2 N–H and O–H groups in total. The highest BCUT2D eigenvalue weighted by Crippen LogP contribution is 2.06. The second-order valence-electron chi connectivity index (χ2n) is 4.66. The van der Waals surface area contributed by atoms with Crippen molar-refractivity contribution in [1.29, 1.82) is 0 Å². The summed E-state index contributed by atoms with van der Waals surface area (Å²) in [6.45, 7) is 8.84. The van der Waals surface area contributed by atoms with Gasteiger partial charge in [0, 0.05) is 0 Å². The van der Waals surface area contributed by atoms with Crippen LogP contribution in [0.15, 0.2) is 12.7 Å². The van der Waals surface area contributed by atoms with Gasteiger partial charge in [-0.2, -0.15) is 0 Å². The van der Waals surface area contributed by atoms with Crippen LogP contribution in [0.2, 0.25) is 0 Å². The topological polar surface area (TPSA) is 67.8 Å². The summed E-state index contributed by atoms with van der Waals surface area (Å²) in [4.78, 5) is 11.2. The summed E-state index contributed by atoms with van der Waals surface area (Å²) in [6, 6.07) is 0. The van der Waals surface area contributed by atoms with E-state index in [2.05, 4.69) is 11.9 Å². The second-order valence-corrected chi connectivity index (χ2v) is 4.66. The van der Waals surface area contributed by atoms with Crippen molar-refractivity contribution in [3.8, 4) is 0 Å². The van der Waals surface area contributed by atoms with E-state index in [1.54, 1.807) is 26.8 Å². The minimum Gasteiger partial charge on any atom is -0.444 e. The van der Waals surface area contributed by atoms with Crippen LogP contribution < -0.4 is 5.32 Å². The average molecular weight is 245 g/mol. The van der Waals surface area contributed by atoms with Crippen LogP contribution in [0.3, 0.4) is 0 Å². The van der Waals surface area contributed by atoms with E-state index in [4.69, 9.17) is 9.47 Å². The monoisotopic (exact) mass is 245 g/mol. The third-order valence-electron chi connectivity index (χ3n) is 1.75. The largest absolute Gasteiger partial charge is 0.444 e. The molecule has 0 radical (unpaired) electrons. The van der Waals surface area contributed by atoms with Gasteiger partial charge < -0.3 is 14.6 Å². The molecule has 0 saturated carbocycles. The van der Waals surface area contributed by atoms with E-state index in [1.807, 2.05) is 0 Å². The third-order valence-corrected chi connectivity index (χ3v) is 1.75. The molecule has 1 atom stereocenters. The molecular formula is C12H23NO4. The van der Waals surface area contributed by atoms with Gasteiger partial charge in [-0.1, -0.05) is 6.08 Å². The van der Waals surface area contributed by atoms with E-state index in [0.29, 0.717) is 6.42 Å². The number of nitrogens with one attached hydrogen (secondary N) is 1. The van der Waals surface area contributed by atoms with Gasteiger partial charge in [0.15, 0.2) is 6.29 Å². The van der Waals surface area contributed by atoms with Gasteiger partial charge in [-0.25, -0.2) is 4.79 Å². The zero-order valence-electron chi connectivity index (χ0n) is 10.9. The van der Waals surface area contributed by atoms with E-state index in [-0.39, 0.29) is 6.73 Å². The Kier molecular flexibility index (Phi) is 7.58. The zero-order valence-corrected chi connectivity index (χ0v) is 10.9. The van der Waals surface area contributed by atoms with Crippen molar-refractivity contribution in [3.63, 3.8) is 0 Å². The normalized spacial score (nSPS) is 12.9. The molecule has 0 saturated heterocycles. The molecule has 1 amide bonds.